The van der Waals surface area contributed by atoms with Crippen molar-refractivity contribution in [2.24, 2.45) is 5.73 Å². The summed E-state index contributed by atoms with van der Waals surface area (Å²) < 4.78 is 5.49. The van der Waals surface area contributed by atoms with Gasteiger partial charge in [-0.15, -0.1) is 0 Å². The number of hydrogen-bond donors (Lipinski definition) is 5. The van der Waals surface area contributed by atoms with Crippen LogP contribution >= 0.6 is 0 Å². The van der Waals surface area contributed by atoms with Crippen LogP contribution in [0.2, 0.25) is 0 Å². The van der Waals surface area contributed by atoms with E-state index in [0.29, 0.717) is 38.8 Å². The first-order valence-electron chi connectivity index (χ1n) is 14.6. The van der Waals surface area contributed by atoms with Crippen LogP contribution in [0.4, 0.5) is 4.79 Å². The van der Waals surface area contributed by atoms with E-state index >= 15 is 0 Å². The predicted octanol–water partition coefficient (Wildman–Crippen LogP) is 1.72. The van der Waals surface area contributed by atoms with Crippen LogP contribution in [-0.4, -0.2) is 84.2 Å². The van der Waals surface area contributed by atoms with Gasteiger partial charge in [0.15, 0.2) is 0 Å². The Kier molecular flexibility index (Phi) is 10.7. The predicted molar refractivity (Wildman–Crippen MR) is 158 cm³/mol. The smallest absolute Gasteiger partial charge is 0.407 e. The van der Waals surface area contributed by atoms with Crippen molar-refractivity contribution in [2.45, 2.75) is 63.1 Å². The lowest BCUT2D eigenvalue weighted by atomic mass is 9.98. The number of hydrogen-bond acceptors (Lipinski definition) is 7. The highest BCUT2D eigenvalue weighted by Crippen LogP contribution is 2.44. The lowest BCUT2D eigenvalue weighted by Crippen LogP contribution is -2.53. The summed E-state index contributed by atoms with van der Waals surface area (Å²) >= 11 is 0. The number of nitrogens with zero attached hydrogens (tertiary/aromatic N) is 1. The Labute approximate surface area is 250 Å². The van der Waals surface area contributed by atoms with E-state index in [9.17, 15) is 29.1 Å². The minimum Gasteiger partial charge on any atom is -0.480 e. The molecule has 2 aromatic carbocycles. The number of alkyl carbamates (subject to hydrolysis) is 1. The van der Waals surface area contributed by atoms with Crippen molar-refractivity contribution in [3.05, 3.63) is 59.7 Å². The molecule has 0 radical (unpaired) electrons. The molecular formula is C31H39N5O7. The standard InChI is InChI=1S/C31H39N5O7/c1-19(34-31(42)43-18-24-22-11-4-2-9-20(22)21-10-3-5-12-23(21)24)28(38)33-17-27(37)36-16-8-14-26(36)29(39)35-25(30(40)41)13-6-7-15-32/h2-5,9-12,19,24-26H,6-8,13-18,32H2,1H3,(H,33,38)(H,34,42)(H,35,39)(H,40,41)/t19-,25-,26-/m0/s1. The Morgan fingerprint density at radius 3 is 2.28 bits per heavy atom. The van der Waals surface area contributed by atoms with Crippen molar-refractivity contribution in [3.63, 3.8) is 0 Å². The zero-order valence-corrected chi connectivity index (χ0v) is 24.2. The van der Waals surface area contributed by atoms with Gasteiger partial charge in [-0.2, -0.15) is 0 Å². The molecule has 2 aliphatic rings. The molecule has 12 heteroatoms. The molecule has 43 heavy (non-hydrogen) atoms. The van der Waals surface area contributed by atoms with Gasteiger partial charge < -0.3 is 36.4 Å². The topological polar surface area (TPSA) is 180 Å². The molecule has 12 nitrogen and oxygen atoms in total. The molecule has 1 saturated heterocycles. The summed E-state index contributed by atoms with van der Waals surface area (Å²) in [6, 6.07) is 13.1. The highest BCUT2D eigenvalue weighted by atomic mass is 16.5. The quantitative estimate of drug-likeness (QED) is 0.218. The number of carboxylic acid groups (broad SMARTS) is 1. The number of amides is 4. The average Bonchev–Trinajstić information content (AvgIpc) is 3.62. The summed E-state index contributed by atoms with van der Waals surface area (Å²) in [6.07, 6.45) is 1.63. The molecule has 6 N–H and O–H groups in total. The van der Waals surface area contributed by atoms with Crippen LogP contribution in [-0.2, 0) is 23.9 Å². The monoisotopic (exact) mass is 593 g/mol. The maximum atomic E-state index is 12.9. The van der Waals surface area contributed by atoms with Crippen LogP contribution in [0.5, 0.6) is 0 Å². The molecular weight excluding hydrogens is 554 g/mol. The number of benzene rings is 2. The van der Waals surface area contributed by atoms with E-state index in [0.717, 1.165) is 22.3 Å². The molecule has 4 rings (SSSR count). The number of fused-ring (bicyclic) bond motifs is 3. The number of carbonyl (C=O) groups excluding carboxylic acids is 4. The largest absolute Gasteiger partial charge is 0.480 e. The van der Waals surface area contributed by atoms with Crippen LogP contribution in [0.1, 0.15) is 56.1 Å². The molecule has 2 aromatic rings. The van der Waals surface area contributed by atoms with Gasteiger partial charge in [0.25, 0.3) is 0 Å². The van der Waals surface area contributed by atoms with Gasteiger partial charge in [-0.05, 0) is 67.8 Å². The van der Waals surface area contributed by atoms with Gasteiger partial charge in [-0.25, -0.2) is 9.59 Å². The van der Waals surface area contributed by atoms with Crippen LogP contribution in [0.3, 0.4) is 0 Å². The molecule has 0 unspecified atom stereocenters. The SMILES string of the molecule is C[C@H](NC(=O)OCC1c2ccccc2-c2ccccc21)C(=O)NCC(=O)N1CCC[C@H]1C(=O)N[C@@H](CCCCN)C(=O)O. The van der Waals surface area contributed by atoms with Crippen LogP contribution in [0.15, 0.2) is 48.5 Å². The minimum atomic E-state index is -1.15. The van der Waals surface area contributed by atoms with Gasteiger partial charge in [-0.1, -0.05) is 48.5 Å². The molecule has 1 heterocycles. The van der Waals surface area contributed by atoms with Gasteiger partial charge in [-0.3, -0.25) is 14.4 Å². The first kappa shape index (κ1) is 31.5. The summed E-state index contributed by atoms with van der Waals surface area (Å²) in [5.41, 5.74) is 9.81. The molecule has 1 aliphatic heterocycles. The lowest BCUT2D eigenvalue weighted by Gasteiger charge is -2.26. The third kappa shape index (κ3) is 7.69. The molecule has 230 valence electrons. The fraction of sp³-hybridized carbons (Fsp3) is 0.452. The zero-order valence-electron chi connectivity index (χ0n) is 24.2. The fourth-order valence-electron chi connectivity index (χ4n) is 5.66. The Hall–Kier alpha value is -4.45. The molecule has 3 atom stereocenters. The van der Waals surface area contributed by atoms with Crippen molar-refractivity contribution in [1.82, 2.24) is 20.9 Å². The molecule has 4 amide bonds. The normalized spacial score (nSPS) is 16.9. The highest BCUT2D eigenvalue weighted by Gasteiger charge is 2.36. The van der Waals surface area contributed by atoms with Crippen molar-refractivity contribution >= 4 is 29.8 Å². The van der Waals surface area contributed by atoms with Crippen LogP contribution in [0.25, 0.3) is 11.1 Å². The number of carboxylic acids is 1. The molecule has 0 aromatic heterocycles. The van der Waals surface area contributed by atoms with Crippen molar-refractivity contribution in [1.29, 1.82) is 0 Å². The van der Waals surface area contributed by atoms with E-state index in [1.54, 1.807) is 0 Å². The summed E-state index contributed by atoms with van der Waals surface area (Å²) in [4.78, 5) is 63.8. The van der Waals surface area contributed by atoms with E-state index in [4.69, 9.17) is 10.5 Å². The first-order valence-corrected chi connectivity index (χ1v) is 14.6. The number of nitrogens with two attached hydrogens (primary N) is 1. The summed E-state index contributed by atoms with van der Waals surface area (Å²) in [7, 11) is 0. The van der Waals surface area contributed by atoms with E-state index in [-0.39, 0.29) is 25.5 Å². The number of rotatable bonds is 13. The number of ether oxygens (including phenoxy) is 1. The third-order valence-electron chi connectivity index (χ3n) is 7.92. The van der Waals surface area contributed by atoms with E-state index < -0.39 is 47.9 Å². The zero-order chi connectivity index (χ0) is 30.9. The number of likely N-dealkylation sites (tertiary alicyclic amines) is 1. The first-order chi connectivity index (χ1) is 20.7. The number of carbonyl (C=O) groups is 5. The Bertz CT molecular complexity index is 1300. The number of nitrogens with one attached hydrogen (secondary N) is 3. The second kappa shape index (κ2) is 14.6. The van der Waals surface area contributed by atoms with Gasteiger partial charge >= 0.3 is 12.1 Å². The molecule has 1 aliphatic carbocycles. The molecule has 0 saturated carbocycles. The van der Waals surface area contributed by atoms with Crippen LogP contribution < -0.4 is 21.7 Å². The summed E-state index contributed by atoms with van der Waals surface area (Å²) in [5, 5.41) is 17.0. The lowest BCUT2D eigenvalue weighted by molar-refractivity contribution is -0.144. The van der Waals surface area contributed by atoms with Crippen LogP contribution in [0, 0.1) is 0 Å². The second-order valence-electron chi connectivity index (χ2n) is 10.8. The van der Waals surface area contributed by atoms with E-state index in [1.807, 2.05) is 48.5 Å². The fourth-order valence-corrected chi connectivity index (χ4v) is 5.66. The average molecular weight is 594 g/mol. The summed E-state index contributed by atoms with van der Waals surface area (Å²) in [6.45, 7) is 1.94. The molecule has 1 fully saturated rings. The van der Waals surface area contributed by atoms with Crippen molar-refractivity contribution < 1.29 is 33.8 Å². The van der Waals surface area contributed by atoms with E-state index in [2.05, 4.69) is 16.0 Å². The maximum Gasteiger partial charge on any atom is 0.407 e. The molecule has 0 spiro atoms. The molecule has 0 bridgehead atoms. The summed E-state index contributed by atoms with van der Waals surface area (Å²) in [5.74, 6) is -2.88. The Balaban J connectivity index is 1.23. The second-order valence-corrected chi connectivity index (χ2v) is 10.8. The van der Waals surface area contributed by atoms with Crippen molar-refractivity contribution in [3.8, 4) is 11.1 Å². The minimum absolute atomic E-state index is 0.0981. The Morgan fingerprint density at radius 1 is 1.00 bits per heavy atom. The van der Waals surface area contributed by atoms with Gasteiger partial charge in [0.1, 0.15) is 24.7 Å². The van der Waals surface area contributed by atoms with Gasteiger partial charge in [0.2, 0.25) is 17.7 Å². The van der Waals surface area contributed by atoms with Crippen molar-refractivity contribution in [2.75, 3.05) is 26.2 Å². The number of unbranched alkanes of at least 4 members (excludes halogenated alkanes) is 1. The Morgan fingerprint density at radius 2 is 1.65 bits per heavy atom. The number of aliphatic carboxylic acids is 1. The van der Waals surface area contributed by atoms with Gasteiger partial charge in [0, 0.05) is 12.5 Å². The van der Waals surface area contributed by atoms with Gasteiger partial charge in [0.05, 0.1) is 6.54 Å². The van der Waals surface area contributed by atoms with E-state index in [1.165, 1.54) is 11.8 Å². The maximum absolute atomic E-state index is 12.9. The highest BCUT2D eigenvalue weighted by molar-refractivity contribution is 5.93. The third-order valence-corrected chi connectivity index (χ3v) is 7.92.